The summed E-state index contributed by atoms with van der Waals surface area (Å²) in [5.41, 5.74) is 0.107. The largest absolute Gasteiger partial charge is 0.354 e. The third-order valence-electron chi connectivity index (χ3n) is 3.76. The average Bonchev–Trinajstić information content (AvgIpc) is 2.97. The maximum absolute atomic E-state index is 4.50. The van der Waals surface area contributed by atoms with Crippen molar-refractivity contribution >= 4 is 11.9 Å². The Morgan fingerprint density at radius 3 is 2.67 bits per heavy atom. The summed E-state index contributed by atoms with van der Waals surface area (Å²) >= 11 is 0. The standard InChI is InChI=1S/C14H21N7/c1-3-7-16-11-17-12(20-14(2)5-4-6-14)19-13(18-11)21-9-8-15-10-21/h8-10H,3-7H2,1-2H3,(H2,16,17,18,19,20). The summed E-state index contributed by atoms with van der Waals surface area (Å²) in [5, 5.41) is 6.66. The van der Waals surface area contributed by atoms with Gasteiger partial charge in [-0.25, -0.2) is 4.98 Å². The smallest absolute Gasteiger partial charge is 0.241 e. The molecule has 0 bridgehead atoms. The Morgan fingerprint density at radius 2 is 2.05 bits per heavy atom. The van der Waals surface area contributed by atoms with Crippen molar-refractivity contribution in [3.05, 3.63) is 18.7 Å². The molecule has 0 radical (unpaired) electrons. The summed E-state index contributed by atoms with van der Waals surface area (Å²) in [6.07, 6.45) is 9.80. The number of nitrogens with zero attached hydrogens (tertiary/aromatic N) is 5. The third-order valence-corrected chi connectivity index (χ3v) is 3.76. The van der Waals surface area contributed by atoms with E-state index in [-0.39, 0.29) is 5.54 Å². The molecule has 0 unspecified atom stereocenters. The molecule has 1 saturated carbocycles. The average molecular weight is 287 g/mol. The Kier molecular flexibility index (Phi) is 3.72. The second kappa shape index (κ2) is 5.67. The zero-order valence-electron chi connectivity index (χ0n) is 12.5. The molecule has 1 aliphatic rings. The van der Waals surface area contributed by atoms with Crippen LogP contribution in [0, 0.1) is 0 Å². The monoisotopic (exact) mass is 287 g/mol. The molecule has 0 spiro atoms. The predicted molar refractivity (Wildman–Crippen MR) is 81.6 cm³/mol. The minimum atomic E-state index is 0.107. The van der Waals surface area contributed by atoms with E-state index < -0.39 is 0 Å². The molecule has 1 aliphatic carbocycles. The lowest BCUT2D eigenvalue weighted by atomic mass is 9.79. The van der Waals surface area contributed by atoms with Crippen LogP contribution in [0.15, 0.2) is 18.7 Å². The number of anilines is 2. The first-order valence-electron chi connectivity index (χ1n) is 7.45. The second-order valence-electron chi connectivity index (χ2n) is 5.72. The molecular formula is C14H21N7. The number of hydrogen-bond donors (Lipinski definition) is 2. The molecule has 21 heavy (non-hydrogen) atoms. The molecule has 7 nitrogen and oxygen atoms in total. The van der Waals surface area contributed by atoms with Crippen molar-refractivity contribution in [2.24, 2.45) is 0 Å². The van der Waals surface area contributed by atoms with Crippen molar-refractivity contribution in [2.75, 3.05) is 17.2 Å². The number of aromatic nitrogens is 5. The van der Waals surface area contributed by atoms with Crippen molar-refractivity contribution in [1.82, 2.24) is 24.5 Å². The van der Waals surface area contributed by atoms with Crippen molar-refractivity contribution in [2.45, 2.75) is 45.1 Å². The van der Waals surface area contributed by atoms with Crippen LogP contribution in [0.1, 0.15) is 39.5 Å². The minimum Gasteiger partial charge on any atom is -0.354 e. The van der Waals surface area contributed by atoms with Gasteiger partial charge in [-0.05, 0) is 32.6 Å². The van der Waals surface area contributed by atoms with Crippen LogP contribution in [-0.4, -0.2) is 36.6 Å². The van der Waals surface area contributed by atoms with Gasteiger partial charge in [-0.3, -0.25) is 4.57 Å². The summed E-state index contributed by atoms with van der Waals surface area (Å²) in [6, 6.07) is 0. The van der Waals surface area contributed by atoms with Gasteiger partial charge in [0.2, 0.25) is 17.8 Å². The van der Waals surface area contributed by atoms with Crippen LogP contribution in [0.25, 0.3) is 5.95 Å². The summed E-state index contributed by atoms with van der Waals surface area (Å²) < 4.78 is 1.78. The van der Waals surface area contributed by atoms with Crippen molar-refractivity contribution in [3.8, 4) is 5.95 Å². The number of hydrogen-bond acceptors (Lipinski definition) is 6. The van der Waals surface area contributed by atoms with Gasteiger partial charge in [0.05, 0.1) is 0 Å². The van der Waals surface area contributed by atoms with E-state index in [9.17, 15) is 0 Å². The Bertz CT molecular complexity index is 589. The van der Waals surface area contributed by atoms with E-state index in [4.69, 9.17) is 0 Å². The fraction of sp³-hybridized carbons (Fsp3) is 0.571. The number of nitrogens with one attached hydrogen (secondary N) is 2. The van der Waals surface area contributed by atoms with Gasteiger partial charge in [0.25, 0.3) is 0 Å². The molecule has 112 valence electrons. The summed E-state index contributed by atoms with van der Waals surface area (Å²) in [7, 11) is 0. The van der Waals surface area contributed by atoms with Crippen LogP contribution in [0.4, 0.5) is 11.9 Å². The van der Waals surface area contributed by atoms with Gasteiger partial charge >= 0.3 is 0 Å². The topological polar surface area (TPSA) is 80.5 Å². The highest BCUT2D eigenvalue weighted by atomic mass is 15.3. The second-order valence-corrected chi connectivity index (χ2v) is 5.72. The van der Waals surface area contributed by atoms with Crippen LogP contribution >= 0.6 is 0 Å². The van der Waals surface area contributed by atoms with Gasteiger partial charge < -0.3 is 10.6 Å². The van der Waals surface area contributed by atoms with Crippen molar-refractivity contribution in [1.29, 1.82) is 0 Å². The van der Waals surface area contributed by atoms with Crippen LogP contribution in [-0.2, 0) is 0 Å². The van der Waals surface area contributed by atoms with Crippen LogP contribution in [0.2, 0.25) is 0 Å². The van der Waals surface area contributed by atoms with Gasteiger partial charge in [-0.15, -0.1) is 0 Å². The molecule has 2 aromatic heterocycles. The SMILES string of the molecule is CCCNc1nc(NC2(C)CCC2)nc(-n2ccnc2)n1. The molecule has 1 fully saturated rings. The Labute approximate surface area is 124 Å². The first-order chi connectivity index (χ1) is 10.2. The molecule has 0 atom stereocenters. The van der Waals surface area contributed by atoms with E-state index in [1.807, 2.05) is 6.20 Å². The predicted octanol–water partition coefficient (Wildman–Crippen LogP) is 2.23. The molecule has 0 aromatic carbocycles. The van der Waals surface area contributed by atoms with E-state index in [0.29, 0.717) is 17.8 Å². The Hall–Kier alpha value is -2.18. The normalized spacial score (nSPS) is 16.3. The quantitative estimate of drug-likeness (QED) is 0.848. The van der Waals surface area contributed by atoms with Gasteiger partial charge in [-0.2, -0.15) is 15.0 Å². The molecule has 0 saturated heterocycles. The van der Waals surface area contributed by atoms with Gasteiger partial charge in [0.15, 0.2) is 0 Å². The molecule has 3 rings (SSSR count). The highest BCUT2D eigenvalue weighted by Gasteiger charge is 2.32. The Balaban J connectivity index is 1.88. The van der Waals surface area contributed by atoms with Gasteiger partial charge in [-0.1, -0.05) is 6.92 Å². The zero-order valence-corrected chi connectivity index (χ0v) is 12.5. The summed E-state index contributed by atoms with van der Waals surface area (Å²) in [4.78, 5) is 17.5. The lowest BCUT2D eigenvalue weighted by molar-refractivity contribution is 0.304. The third kappa shape index (κ3) is 3.12. The van der Waals surface area contributed by atoms with Gasteiger partial charge in [0.1, 0.15) is 6.33 Å². The molecule has 2 N–H and O–H groups in total. The van der Waals surface area contributed by atoms with Crippen LogP contribution < -0.4 is 10.6 Å². The minimum absolute atomic E-state index is 0.107. The highest BCUT2D eigenvalue weighted by molar-refractivity contribution is 5.40. The molecule has 0 amide bonds. The maximum atomic E-state index is 4.50. The van der Waals surface area contributed by atoms with Crippen LogP contribution in [0.3, 0.4) is 0 Å². The van der Waals surface area contributed by atoms with E-state index in [1.54, 1.807) is 17.1 Å². The van der Waals surface area contributed by atoms with Crippen molar-refractivity contribution in [3.63, 3.8) is 0 Å². The highest BCUT2D eigenvalue weighted by Crippen LogP contribution is 2.33. The zero-order chi connectivity index (χ0) is 14.7. The summed E-state index contributed by atoms with van der Waals surface area (Å²) in [5.74, 6) is 1.79. The molecule has 7 heteroatoms. The first-order valence-corrected chi connectivity index (χ1v) is 7.45. The number of rotatable bonds is 6. The van der Waals surface area contributed by atoms with E-state index in [2.05, 4.69) is 44.4 Å². The van der Waals surface area contributed by atoms with Crippen molar-refractivity contribution < 1.29 is 0 Å². The fourth-order valence-corrected chi connectivity index (χ4v) is 2.33. The number of imidazole rings is 1. The lowest BCUT2D eigenvalue weighted by Crippen LogP contribution is -2.42. The molecule has 0 aliphatic heterocycles. The maximum Gasteiger partial charge on any atom is 0.241 e. The first kappa shape index (κ1) is 13.8. The summed E-state index contributed by atoms with van der Waals surface area (Å²) in [6.45, 7) is 5.15. The molecule has 2 aromatic rings. The van der Waals surface area contributed by atoms with E-state index in [1.165, 1.54) is 6.42 Å². The van der Waals surface area contributed by atoms with E-state index >= 15 is 0 Å². The lowest BCUT2D eigenvalue weighted by Gasteiger charge is -2.39. The van der Waals surface area contributed by atoms with E-state index in [0.717, 1.165) is 25.8 Å². The molecular weight excluding hydrogens is 266 g/mol. The van der Waals surface area contributed by atoms with Gasteiger partial charge in [0, 0.05) is 24.5 Å². The fourth-order valence-electron chi connectivity index (χ4n) is 2.33. The van der Waals surface area contributed by atoms with Crippen LogP contribution in [0.5, 0.6) is 0 Å². The Morgan fingerprint density at radius 1 is 1.24 bits per heavy atom. The molecule has 2 heterocycles.